The van der Waals surface area contributed by atoms with Crippen LogP contribution in [0.15, 0.2) is 12.7 Å². The number of ketones is 1. The van der Waals surface area contributed by atoms with E-state index in [1.807, 2.05) is 39.8 Å². The van der Waals surface area contributed by atoms with Gasteiger partial charge in [-0.1, -0.05) is 33.8 Å². The molecule has 3 saturated heterocycles. The molecular weight excluding hydrogens is 754 g/mol. The SMILES string of the molecule is C=CCO[C@@H]1[C@H](C)C(=O)[C@H](C)C[C@](C)(OC)[C@H](O[C@@H]2O[C@H](C)C[C@H](N(C)C)[C@H]2O)[C@@H](C)[C@H](O[C@H]2C[C@@](C)(OC)[C@@H](OC(C)=O)[C@H](C)O2)[C@@H](C)C(=O)O[C@@H](CC)[C@@]1(C)O. The number of Topliss-reactive ketones (excluding diaryl/α,β-unsaturated/α-hetero) is 1. The van der Waals surface area contributed by atoms with Gasteiger partial charge in [0.15, 0.2) is 18.7 Å². The molecule has 3 heterocycles. The van der Waals surface area contributed by atoms with Crippen molar-refractivity contribution in [3.05, 3.63) is 12.7 Å². The molecule has 0 aromatic carbocycles. The molecule has 0 aromatic rings. The van der Waals surface area contributed by atoms with Crippen LogP contribution in [0, 0.1) is 23.7 Å². The number of cyclic esters (lactones) is 1. The number of likely N-dealkylation sites (N-methyl/N-ethyl adjacent to an activating group) is 1. The second-order valence-corrected chi connectivity index (χ2v) is 17.8. The number of aliphatic hydroxyl groups excluding tert-OH is 1. The topological polar surface area (TPSA) is 178 Å². The fraction of sp³-hybridized carbons (Fsp3) is 0.884. The smallest absolute Gasteiger partial charge is 0.311 e. The number of rotatable bonds is 12. The van der Waals surface area contributed by atoms with E-state index >= 15 is 0 Å². The zero-order chi connectivity index (χ0) is 44.1. The summed E-state index contributed by atoms with van der Waals surface area (Å²) in [6, 6.07) is -0.293. The fourth-order valence-corrected chi connectivity index (χ4v) is 9.44. The summed E-state index contributed by atoms with van der Waals surface area (Å²) in [7, 11) is 6.82. The predicted octanol–water partition coefficient (Wildman–Crippen LogP) is 4.22. The van der Waals surface area contributed by atoms with Crippen molar-refractivity contribution >= 4 is 17.7 Å². The number of carbonyl (C=O) groups is 3. The van der Waals surface area contributed by atoms with E-state index in [4.69, 9.17) is 42.6 Å². The van der Waals surface area contributed by atoms with Crippen molar-refractivity contribution in [3.8, 4) is 0 Å². The molecule has 0 aliphatic carbocycles. The molecule has 18 atom stereocenters. The molecule has 58 heavy (non-hydrogen) atoms. The Hall–Kier alpha value is -2.05. The Morgan fingerprint density at radius 3 is 2.07 bits per heavy atom. The van der Waals surface area contributed by atoms with Gasteiger partial charge in [-0.2, -0.15) is 0 Å². The Kier molecular flexibility index (Phi) is 17.9. The highest BCUT2D eigenvalue weighted by Gasteiger charge is 2.55. The zero-order valence-corrected chi connectivity index (χ0v) is 37.7. The summed E-state index contributed by atoms with van der Waals surface area (Å²) in [5.41, 5.74) is -4.09. The van der Waals surface area contributed by atoms with Gasteiger partial charge in [-0.3, -0.25) is 14.4 Å². The van der Waals surface area contributed by atoms with E-state index in [9.17, 15) is 24.6 Å². The van der Waals surface area contributed by atoms with E-state index in [1.165, 1.54) is 34.1 Å². The number of hydrogen-bond donors (Lipinski definition) is 2. The average Bonchev–Trinajstić information content (AvgIpc) is 3.15. The zero-order valence-electron chi connectivity index (χ0n) is 37.7. The van der Waals surface area contributed by atoms with Crippen molar-refractivity contribution in [2.24, 2.45) is 23.7 Å². The van der Waals surface area contributed by atoms with Crippen molar-refractivity contribution < 1.29 is 67.2 Å². The Morgan fingerprint density at radius 2 is 1.53 bits per heavy atom. The van der Waals surface area contributed by atoms with Crippen LogP contribution in [-0.4, -0.2) is 152 Å². The van der Waals surface area contributed by atoms with E-state index in [0.29, 0.717) is 6.42 Å². The highest BCUT2D eigenvalue weighted by Crippen LogP contribution is 2.42. The van der Waals surface area contributed by atoms with Crippen LogP contribution >= 0.6 is 0 Å². The summed E-state index contributed by atoms with van der Waals surface area (Å²) in [6.07, 6.45) is -6.45. The van der Waals surface area contributed by atoms with Crippen LogP contribution in [0.4, 0.5) is 0 Å². The monoisotopic (exact) mass is 830 g/mol. The Morgan fingerprint density at radius 1 is 0.931 bits per heavy atom. The lowest BCUT2D eigenvalue weighted by molar-refractivity contribution is -0.320. The molecule has 3 fully saturated rings. The quantitative estimate of drug-likeness (QED) is 0.211. The summed E-state index contributed by atoms with van der Waals surface area (Å²) in [5, 5.41) is 23.9. The Labute approximate surface area is 346 Å². The van der Waals surface area contributed by atoms with Gasteiger partial charge in [0, 0.05) is 51.4 Å². The van der Waals surface area contributed by atoms with E-state index < -0.39 is 108 Å². The maximum Gasteiger partial charge on any atom is 0.311 e. The highest BCUT2D eigenvalue weighted by molar-refractivity contribution is 5.83. The van der Waals surface area contributed by atoms with E-state index in [2.05, 4.69) is 6.58 Å². The molecule has 0 radical (unpaired) electrons. The first-order valence-electron chi connectivity index (χ1n) is 20.9. The molecule has 3 aliphatic heterocycles. The van der Waals surface area contributed by atoms with Gasteiger partial charge in [0.1, 0.15) is 29.2 Å². The third kappa shape index (κ3) is 11.3. The molecule has 3 rings (SSSR count). The molecule has 0 spiro atoms. The first kappa shape index (κ1) is 50.3. The van der Waals surface area contributed by atoms with Crippen molar-refractivity contribution in [2.45, 2.75) is 186 Å². The predicted molar refractivity (Wildman–Crippen MR) is 215 cm³/mol. The molecule has 336 valence electrons. The first-order valence-corrected chi connectivity index (χ1v) is 20.9. The molecule has 0 aromatic heterocycles. The summed E-state index contributed by atoms with van der Waals surface area (Å²) >= 11 is 0. The van der Waals surface area contributed by atoms with Gasteiger partial charge in [0.2, 0.25) is 0 Å². The molecule has 2 N–H and O–H groups in total. The van der Waals surface area contributed by atoms with Gasteiger partial charge in [-0.25, -0.2) is 0 Å². The molecule has 15 heteroatoms. The van der Waals surface area contributed by atoms with Crippen LogP contribution in [0.5, 0.6) is 0 Å². The second kappa shape index (κ2) is 20.7. The maximum atomic E-state index is 14.5. The third-order valence-corrected chi connectivity index (χ3v) is 12.9. The first-order chi connectivity index (χ1) is 26.9. The summed E-state index contributed by atoms with van der Waals surface area (Å²) < 4.78 is 56.7. The number of aliphatic hydroxyl groups is 2. The number of nitrogens with zero attached hydrogens (tertiary/aromatic N) is 1. The molecule has 0 bridgehead atoms. The minimum Gasteiger partial charge on any atom is -0.459 e. The van der Waals surface area contributed by atoms with Gasteiger partial charge < -0.3 is 57.7 Å². The molecular formula is C43H75NO14. The summed E-state index contributed by atoms with van der Waals surface area (Å²) in [4.78, 5) is 43.0. The molecule has 0 saturated carbocycles. The molecule has 3 aliphatic rings. The normalized spacial score (nSPS) is 45.0. The highest BCUT2D eigenvalue weighted by atomic mass is 16.7. The lowest BCUT2D eigenvalue weighted by atomic mass is 9.73. The number of hydrogen-bond acceptors (Lipinski definition) is 15. The molecule has 0 amide bonds. The third-order valence-electron chi connectivity index (χ3n) is 12.9. The maximum absolute atomic E-state index is 14.5. The van der Waals surface area contributed by atoms with Crippen molar-refractivity contribution in [3.63, 3.8) is 0 Å². The van der Waals surface area contributed by atoms with Crippen molar-refractivity contribution in [2.75, 3.05) is 34.9 Å². The standard InChI is InChI=1S/C43H75NO14/c1-17-19-52-37-25(5)33(46)23(3)21-41(10,50-15)36(58-40-34(47)30(44(13)14)20-24(4)53-40)26(6)35(27(7)39(48)56-31(18-2)43(37,12)49)57-32-22-42(11,51-16)38(28(8)54-32)55-29(9)45/h17,23-28,30-32,34-38,40,47,49H,1,18-22H2,2-16H3/t23-,24-,25-,26+,27-,28+,30+,31+,32+,34-,35+,36-,37-,38+,40+,41+,42-,43-/m1/s1. The van der Waals surface area contributed by atoms with Crippen molar-refractivity contribution in [1.29, 1.82) is 0 Å². The van der Waals surface area contributed by atoms with Crippen molar-refractivity contribution in [1.82, 2.24) is 4.90 Å². The lowest BCUT2D eigenvalue weighted by Gasteiger charge is -2.50. The van der Waals surface area contributed by atoms with Crippen LogP contribution in [0.1, 0.15) is 102 Å². The van der Waals surface area contributed by atoms with Gasteiger partial charge >= 0.3 is 11.9 Å². The van der Waals surface area contributed by atoms with Gasteiger partial charge in [-0.15, -0.1) is 6.58 Å². The van der Waals surface area contributed by atoms with Gasteiger partial charge in [-0.05, 0) is 74.9 Å². The Balaban J connectivity index is 2.26. The second-order valence-electron chi connectivity index (χ2n) is 17.8. The van der Waals surface area contributed by atoms with Crippen LogP contribution in [0.3, 0.4) is 0 Å². The van der Waals surface area contributed by atoms with Gasteiger partial charge in [0.25, 0.3) is 0 Å². The number of esters is 2. The Bertz CT molecular complexity index is 1380. The molecule has 15 nitrogen and oxygen atoms in total. The van der Waals surface area contributed by atoms with Crippen LogP contribution in [0.25, 0.3) is 0 Å². The van der Waals surface area contributed by atoms with E-state index in [0.717, 1.165) is 0 Å². The molecule has 0 unspecified atom stereocenters. The number of methoxy groups -OCH3 is 2. The summed E-state index contributed by atoms with van der Waals surface area (Å²) in [5.74, 6) is -4.61. The fourth-order valence-electron chi connectivity index (χ4n) is 9.44. The van der Waals surface area contributed by atoms with Gasteiger partial charge in [0.05, 0.1) is 48.6 Å². The van der Waals surface area contributed by atoms with Crippen LogP contribution in [0.2, 0.25) is 0 Å². The number of carbonyl (C=O) groups excluding carboxylic acids is 3. The minimum absolute atomic E-state index is 0.0430. The summed E-state index contributed by atoms with van der Waals surface area (Å²) in [6.45, 7) is 22.8. The van der Waals surface area contributed by atoms with E-state index in [1.54, 1.807) is 41.5 Å². The average molecular weight is 830 g/mol. The lowest BCUT2D eigenvalue weighted by Crippen LogP contribution is -2.62. The van der Waals surface area contributed by atoms with Crippen LogP contribution in [-0.2, 0) is 57.0 Å². The van der Waals surface area contributed by atoms with Crippen LogP contribution < -0.4 is 0 Å². The largest absolute Gasteiger partial charge is 0.459 e. The number of ether oxygens (including phenoxy) is 9. The minimum atomic E-state index is -1.80. The van der Waals surface area contributed by atoms with E-state index in [-0.39, 0.29) is 43.8 Å².